The third kappa shape index (κ3) is 143. The van der Waals surface area contributed by atoms with Crippen LogP contribution in [0.3, 0.4) is 0 Å². The predicted molar refractivity (Wildman–Crippen MR) is 477 cm³/mol. The van der Waals surface area contributed by atoms with Crippen molar-refractivity contribution in [3.05, 3.63) is 139 Å². The molecule has 0 heterocycles. The summed E-state index contributed by atoms with van der Waals surface area (Å²) in [5.74, 6) is -7.56. The van der Waals surface area contributed by atoms with Gasteiger partial charge < -0.3 is 91.7 Å². The Morgan fingerprint density at radius 3 is 0.919 bits per heavy atom. The summed E-state index contributed by atoms with van der Waals surface area (Å²) < 4.78 is 239. The van der Waals surface area contributed by atoms with Gasteiger partial charge in [0.05, 0.1) is 70.1 Å². The Labute approximate surface area is 782 Å². The normalized spacial score (nSPS) is 12.6. The van der Waals surface area contributed by atoms with E-state index in [0.29, 0.717) is 57.2 Å². The van der Waals surface area contributed by atoms with Crippen LogP contribution in [0.1, 0.15) is 118 Å². The number of aliphatic hydroxyl groups excluding tert-OH is 1. The van der Waals surface area contributed by atoms with Crippen molar-refractivity contribution in [2.24, 2.45) is 22.7 Å². The molecule has 135 heavy (non-hydrogen) atoms. The minimum atomic E-state index is -4.54. The first-order chi connectivity index (χ1) is 61.4. The molecule has 0 aromatic carbocycles. The third-order valence-electron chi connectivity index (χ3n) is 12.9. The minimum Gasteiger partial charge on any atom is -0.463 e. The van der Waals surface area contributed by atoms with Gasteiger partial charge in [-0.2, -0.15) is 42.1 Å². The number of Topliss-reactive ketones (excluding diaryl/α,β-unsaturated/α-hetero) is 1. The maximum atomic E-state index is 11.0. The predicted octanol–water partition coefficient (Wildman–Crippen LogP) is 4.67. The molecule has 1 aliphatic rings. The summed E-state index contributed by atoms with van der Waals surface area (Å²) in [4.78, 5) is 192. The summed E-state index contributed by atoms with van der Waals surface area (Å²) in [5, 5.41) is 8.93. The lowest BCUT2D eigenvalue weighted by molar-refractivity contribution is -0.145. The van der Waals surface area contributed by atoms with Crippen LogP contribution in [0.4, 0.5) is 0 Å². The van der Waals surface area contributed by atoms with Gasteiger partial charge in [-0.05, 0) is 99.5 Å². The second-order valence-electron chi connectivity index (χ2n) is 26.5. The number of hydrogen-bond donors (Lipinski definition) is 14. The van der Waals surface area contributed by atoms with E-state index in [0.717, 1.165) is 80.4 Å². The molecule has 0 bridgehead atoms. The molecule has 0 aromatic rings. The number of ketones is 3. The third-order valence-corrected chi connectivity index (χ3v) is 18.7. The van der Waals surface area contributed by atoms with Crippen LogP contribution in [0.5, 0.6) is 0 Å². The summed E-state index contributed by atoms with van der Waals surface area (Å²) in [6.45, 7) is 42.8. The molecule has 1 aliphatic carbocycles. The maximum Gasteiger partial charge on any atom is 0.472 e. The van der Waals surface area contributed by atoms with Gasteiger partial charge in [-0.3, -0.25) is 45.9 Å². The molecular formula is C73H124O53P4S5. The van der Waals surface area contributed by atoms with Gasteiger partial charge in [0, 0.05) is 87.0 Å². The molecule has 1 saturated carbocycles. The number of ether oxygens (including phenoxy) is 9. The summed E-state index contributed by atoms with van der Waals surface area (Å²) in [6.07, 6.45) is 18.2. The van der Waals surface area contributed by atoms with E-state index in [-0.39, 0.29) is 120 Å². The smallest absolute Gasteiger partial charge is 0.463 e. The fourth-order valence-electron chi connectivity index (χ4n) is 7.46. The van der Waals surface area contributed by atoms with Crippen LogP contribution in [0.2, 0.25) is 0 Å². The topological polar surface area (TPSA) is 847 Å². The molecule has 0 spiro atoms. The van der Waals surface area contributed by atoms with Gasteiger partial charge in [0.2, 0.25) is 12.7 Å². The molecule has 0 atom stereocenters. The van der Waals surface area contributed by atoms with Crippen molar-refractivity contribution in [1.82, 2.24) is 0 Å². The van der Waals surface area contributed by atoms with Gasteiger partial charge in [0.25, 0.3) is 40.5 Å². The maximum absolute atomic E-state index is 11.0. The van der Waals surface area contributed by atoms with Crippen LogP contribution in [0.15, 0.2) is 139 Å². The number of carbonyl (C=O) groups excluding carboxylic acids is 12. The minimum absolute atomic E-state index is 0.00116. The molecule has 62 heteroatoms. The number of allylic oxidation sites excluding steroid dienone is 2. The molecule has 1 fully saturated rings. The lowest BCUT2D eigenvalue weighted by atomic mass is 9.83. The summed E-state index contributed by atoms with van der Waals surface area (Å²) in [5.41, 5.74) is -0.976. The lowest BCUT2D eigenvalue weighted by Gasteiger charge is -2.26. The Balaban J connectivity index is -0.000000159. The van der Waals surface area contributed by atoms with Gasteiger partial charge in [-0.25, -0.2) is 65.9 Å². The highest BCUT2D eigenvalue weighted by molar-refractivity contribution is 7.86. The molecular weight excluding hydrogens is 2010 g/mol. The number of esters is 9. The Morgan fingerprint density at radius 1 is 0.311 bits per heavy atom. The van der Waals surface area contributed by atoms with Gasteiger partial charge in [-0.15, -0.1) is 0 Å². The highest BCUT2D eigenvalue weighted by Crippen LogP contribution is 2.38. The average Bonchev–Trinajstić information content (AvgIpc) is 0.874. The highest BCUT2D eigenvalue weighted by atomic mass is 32.2. The summed E-state index contributed by atoms with van der Waals surface area (Å²) in [7, 11) is -37.9. The van der Waals surface area contributed by atoms with Crippen LogP contribution < -0.4 is 0 Å². The molecule has 0 amide bonds. The van der Waals surface area contributed by atoms with Crippen molar-refractivity contribution in [2.45, 2.75) is 118 Å². The molecule has 0 unspecified atom stereocenters. The van der Waals surface area contributed by atoms with E-state index >= 15 is 0 Å². The Morgan fingerprint density at radius 2 is 0.593 bits per heavy atom. The Bertz CT molecular complexity index is 4490. The van der Waals surface area contributed by atoms with Crippen LogP contribution in [-0.4, -0.2) is 289 Å². The number of aliphatic hydroxyl groups is 1. The van der Waals surface area contributed by atoms with E-state index in [4.69, 9.17) is 71.8 Å². The van der Waals surface area contributed by atoms with Crippen molar-refractivity contribution in [3.8, 4) is 0 Å². The standard InChI is InChI=1S/C11H18O3.C10H16O2.C8H14O4S.C7H13O6P.C7H12O5S.C6H11O6P.C6H10O5S.C5H9O6P.C5H8O5S.C4H7O6P.C4H6O5S/c1-2-11(13)14-8-10-5-3-9(7-12)4-6-10;1-5-9(12)7-10(3,4)6-8(2)11;1-4-7(9)5-8(2,3)6-13(10,11)12;1-2-7(8)12-5-3-4-6-13-14(9,10)11;1-2-7(8)12-5-3-4-6-13(9,10)11;1-2-6(7)11-4-3-5-12-13(8,9)10;1-2-6(7)11-4-3-5-12(8,9)10;1-2-5(6)10-3-4-11-12(7,8)9;1-2-5(6)10-3-4-11(7,8)9;1-2-4(5)9-3-10-11(6,7)8;1-2-4(5)9-3-10(6,7)8/h2,9-10,12H,1,3-8H2;5H,1,6-7H2,2-4H3;4H,1,5-6H2,2-3H3,(H,10,11,12);2H,1,3-6H2,(H2,9,10,11);2H,1,3-6H2,(H,9,10,11);2H,1,3-5H2,(H2,8,9,10);2H,1,3-5H2,(H,8,9,10);2H,1,3-4H2,(H2,7,8,9);2H,1,3-4H2,(H,7,8,9);2H,1,3H2,(H2,6,7,8);2H,1,3H2,(H,6,7,8). The highest BCUT2D eigenvalue weighted by Gasteiger charge is 2.28. The van der Waals surface area contributed by atoms with Crippen molar-refractivity contribution >= 4 is 153 Å². The Kier molecular flexibility index (Phi) is 89.5. The number of hydrogen-bond acceptors (Lipinski definition) is 40. The molecule has 0 aliphatic heterocycles. The van der Waals surface area contributed by atoms with Crippen LogP contribution in [-0.2, 0) is 187 Å². The first-order valence-electron chi connectivity index (χ1n) is 37.5. The van der Waals surface area contributed by atoms with Gasteiger partial charge in [0.1, 0.15) is 24.7 Å². The zero-order valence-corrected chi connectivity index (χ0v) is 82.2. The number of carbonyl (C=O) groups is 12. The van der Waals surface area contributed by atoms with Crippen LogP contribution in [0, 0.1) is 22.7 Å². The van der Waals surface area contributed by atoms with E-state index in [1.807, 2.05) is 13.8 Å². The van der Waals surface area contributed by atoms with Crippen LogP contribution in [0.25, 0.3) is 0 Å². The molecule has 0 aromatic heterocycles. The van der Waals surface area contributed by atoms with Crippen molar-refractivity contribution in [1.29, 1.82) is 0 Å². The fraction of sp³-hybridized carbons (Fsp3) is 0.534. The number of phosphoric acid groups is 4. The number of phosphoric ester groups is 4. The second kappa shape index (κ2) is 82.4. The lowest BCUT2D eigenvalue weighted by Crippen LogP contribution is -2.26. The SMILES string of the molecule is C=CC(=O)CC(C)(C)CC(C)=O.C=CC(=O)CC(C)(C)CS(=O)(=O)O.C=CC(=O)OCC1CCC(CO)CC1.C=CC(=O)OCCCCOP(=O)(O)O.C=CC(=O)OCCCCS(=O)(=O)O.C=CC(=O)OCCCOP(=O)(O)O.C=CC(=O)OCCCS(=O)(=O)O.C=CC(=O)OCCOP(=O)(O)O.C=CC(=O)OCCS(=O)(=O)O.C=CC(=O)OCOP(=O)(O)O.C=CC(=O)OCS(=O)(=O)O. The van der Waals surface area contributed by atoms with E-state index < -0.39 is 165 Å². The monoisotopic (exact) mass is 2130 g/mol. The molecule has 1 rings (SSSR count). The largest absolute Gasteiger partial charge is 0.472 e. The molecule has 53 nitrogen and oxygen atoms in total. The number of unbranched alkanes of at least 4 members (excludes halogenated alkanes) is 2. The van der Waals surface area contributed by atoms with Crippen molar-refractivity contribution in [3.63, 3.8) is 0 Å². The first-order valence-corrected chi connectivity index (χ1v) is 51.7. The first kappa shape index (κ1) is 147. The molecule has 14 N–H and O–H groups in total. The summed E-state index contributed by atoms with van der Waals surface area (Å²) >= 11 is 0. The van der Waals surface area contributed by atoms with Crippen molar-refractivity contribution in [2.75, 3.05) is 108 Å². The van der Waals surface area contributed by atoms with E-state index in [1.165, 1.54) is 12.2 Å². The molecule has 0 saturated heterocycles. The van der Waals surface area contributed by atoms with Crippen molar-refractivity contribution < 1.29 is 246 Å². The van der Waals surface area contributed by atoms with Gasteiger partial charge in [0.15, 0.2) is 11.6 Å². The Hall–Kier alpha value is -8.67. The fourth-order valence-corrected chi connectivity index (χ4v) is 11.4. The average molecular weight is 2130 g/mol. The zero-order valence-electron chi connectivity index (χ0n) is 74.5. The van der Waals surface area contributed by atoms with E-state index in [1.54, 1.807) is 20.8 Å². The number of rotatable bonds is 54. The zero-order chi connectivity index (χ0) is 108. The van der Waals surface area contributed by atoms with Gasteiger partial charge in [-0.1, -0.05) is 100 Å². The van der Waals surface area contributed by atoms with E-state index in [9.17, 15) is 118 Å². The molecule has 0 radical (unpaired) electrons. The van der Waals surface area contributed by atoms with E-state index in [2.05, 4.69) is 128 Å². The van der Waals surface area contributed by atoms with Gasteiger partial charge >= 0.3 is 95.1 Å². The van der Waals surface area contributed by atoms with Crippen LogP contribution >= 0.6 is 31.3 Å². The second-order valence-corrected chi connectivity index (χ2v) is 39.0. The summed E-state index contributed by atoms with van der Waals surface area (Å²) in [6, 6.07) is 0. The molecule has 784 valence electrons. The quantitative estimate of drug-likeness (QED) is 0.00748.